The van der Waals surface area contributed by atoms with E-state index in [0.717, 1.165) is 20.8 Å². The van der Waals surface area contributed by atoms with Gasteiger partial charge >= 0.3 is 0 Å². The molecule has 4 aromatic carbocycles. The maximum atomic E-state index is 12.6. The number of hydrogen-bond acceptors (Lipinski definition) is 4. The Balaban J connectivity index is 1.54. The summed E-state index contributed by atoms with van der Waals surface area (Å²) in [6.07, 6.45) is 1.53. The summed E-state index contributed by atoms with van der Waals surface area (Å²) in [7, 11) is 0. The van der Waals surface area contributed by atoms with E-state index in [0.29, 0.717) is 36.0 Å². The molecule has 174 valence electrons. The van der Waals surface area contributed by atoms with E-state index < -0.39 is 5.91 Å². The Hall–Kier alpha value is -4.08. The van der Waals surface area contributed by atoms with Crippen molar-refractivity contribution in [1.29, 1.82) is 5.26 Å². The fraction of sp³-hybridized carbons (Fsp3) is 0.103. The van der Waals surface area contributed by atoms with Crippen molar-refractivity contribution < 1.29 is 14.3 Å². The van der Waals surface area contributed by atoms with Gasteiger partial charge in [-0.15, -0.1) is 0 Å². The monoisotopic (exact) mass is 526 g/mol. The Kier molecular flexibility index (Phi) is 7.81. The highest BCUT2D eigenvalue weighted by Gasteiger charge is 2.12. The number of fused-ring (bicyclic) bond motifs is 1. The summed E-state index contributed by atoms with van der Waals surface area (Å²) in [5.41, 5.74) is 2.31. The predicted octanol–water partition coefficient (Wildman–Crippen LogP) is 7.13. The minimum atomic E-state index is -0.486. The summed E-state index contributed by atoms with van der Waals surface area (Å²) in [6.45, 7) is 2.73. The van der Waals surface area contributed by atoms with E-state index >= 15 is 0 Å². The zero-order valence-corrected chi connectivity index (χ0v) is 20.7. The molecule has 0 saturated heterocycles. The van der Waals surface area contributed by atoms with Gasteiger partial charge in [0.1, 0.15) is 18.2 Å². The van der Waals surface area contributed by atoms with Gasteiger partial charge in [0.05, 0.1) is 6.61 Å². The Morgan fingerprint density at radius 2 is 1.77 bits per heavy atom. The van der Waals surface area contributed by atoms with E-state index in [1.165, 1.54) is 6.08 Å². The molecule has 1 amide bonds. The highest BCUT2D eigenvalue weighted by atomic mass is 79.9. The maximum absolute atomic E-state index is 12.6. The van der Waals surface area contributed by atoms with Crippen molar-refractivity contribution in [2.45, 2.75) is 13.5 Å². The zero-order valence-electron chi connectivity index (χ0n) is 19.1. The summed E-state index contributed by atoms with van der Waals surface area (Å²) >= 11 is 3.37. The van der Waals surface area contributed by atoms with E-state index in [1.54, 1.807) is 36.4 Å². The Labute approximate surface area is 212 Å². The molecule has 4 rings (SSSR count). The van der Waals surface area contributed by atoms with Crippen LogP contribution in [0, 0.1) is 11.3 Å². The maximum Gasteiger partial charge on any atom is 0.266 e. The first-order valence-electron chi connectivity index (χ1n) is 11.1. The van der Waals surface area contributed by atoms with Gasteiger partial charge in [0.15, 0.2) is 11.5 Å². The van der Waals surface area contributed by atoms with Gasteiger partial charge in [-0.3, -0.25) is 4.79 Å². The molecule has 0 heterocycles. The number of nitriles is 1. The lowest BCUT2D eigenvalue weighted by Gasteiger charge is -2.14. The fourth-order valence-corrected chi connectivity index (χ4v) is 4.06. The van der Waals surface area contributed by atoms with Gasteiger partial charge in [0.2, 0.25) is 0 Å². The Morgan fingerprint density at radius 3 is 2.57 bits per heavy atom. The molecule has 0 saturated carbocycles. The van der Waals surface area contributed by atoms with Crippen LogP contribution in [0.1, 0.15) is 18.1 Å². The second-order valence-electron chi connectivity index (χ2n) is 7.70. The number of halogens is 1. The molecule has 0 fully saturated rings. The standard InChI is InChI=1S/C29H23BrN2O3/c1-2-34-28-16-20(15-23(18-31)29(33)32-25-11-6-10-24(30)17-25)13-14-27(28)35-19-22-9-5-8-21-7-3-4-12-26(21)22/h3-17H,2,19H2,1H3,(H,32,33)/b23-15-. The van der Waals surface area contributed by atoms with Gasteiger partial charge in [-0.2, -0.15) is 5.26 Å². The number of ether oxygens (including phenoxy) is 2. The largest absolute Gasteiger partial charge is 0.490 e. The van der Waals surface area contributed by atoms with Crippen molar-refractivity contribution in [1.82, 2.24) is 0 Å². The average Bonchev–Trinajstić information content (AvgIpc) is 2.87. The first-order valence-corrected chi connectivity index (χ1v) is 11.9. The number of nitrogens with one attached hydrogen (secondary N) is 1. The van der Waals surface area contributed by atoms with Crippen molar-refractivity contribution >= 4 is 44.4 Å². The molecule has 0 aliphatic carbocycles. The second kappa shape index (κ2) is 11.4. The lowest BCUT2D eigenvalue weighted by atomic mass is 10.1. The first kappa shape index (κ1) is 24.1. The molecule has 0 aliphatic rings. The van der Waals surface area contributed by atoms with Crippen LogP contribution in [-0.4, -0.2) is 12.5 Å². The molecule has 0 aromatic heterocycles. The van der Waals surface area contributed by atoms with Crippen LogP contribution in [-0.2, 0) is 11.4 Å². The van der Waals surface area contributed by atoms with Gasteiger partial charge in [0.25, 0.3) is 5.91 Å². The van der Waals surface area contributed by atoms with Crippen molar-refractivity contribution in [3.05, 3.63) is 106 Å². The summed E-state index contributed by atoms with van der Waals surface area (Å²) in [6, 6.07) is 28.8. The first-order chi connectivity index (χ1) is 17.1. The number of carbonyl (C=O) groups is 1. The van der Waals surface area contributed by atoms with E-state index in [2.05, 4.69) is 39.4 Å². The minimum absolute atomic E-state index is 0.0168. The number of hydrogen-bond donors (Lipinski definition) is 1. The number of carbonyl (C=O) groups excluding carboxylic acids is 1. The second-order valence-corrected chi connectivity index (χ2v) is 8.62. The van der Waals surface area contributed by atoms with Crippen LogP contribution in [0.25, 0.3) is 16.8 Å². The molecule has 5 nitrogen and oxygen atoms in total. The summed E-state index contributed by atoms with van der Waals surface area (Å²) < 4.78 is 12.7. The fourth-order valence-electron chi connectivity index (χ4n) is 3.66. The van der Waals surface area contributed by atoms with Gasteiger partial charge < -0.3 is 14.8 Å². The highest BCUT2D eigenvalue weighted by molar-refractivity contribution is 9.10. The summed E-state index contributed by atoms with van der Waals surface area (Å²) in [5, 5.41) is 14.6. The lowest BCUT2D eigenvalue weighted by molar-refractivity contribution is -0.112. The molecule has 4 aromatic rings. The number of anilines is 1. The zero-order chi connectivity index (χ0) is 24.6. The Bertz CT molecular complexity index is 1430. The van der Waals surface area contributed by atoms with Crippen molar-refractivity contribution in [3.63, 3.8) is 0 Å². The van der Waals surface area contributed by atoms with Crippen LogP contribution in [0.4, 0.5) is 5.69 Å². The Morgan fingerprint density at radius 1 is 0.971 bits per heavy atom. The number of rotatable bonds is 8. The van der Waals surface area contributed by atoms with Crippen molar-refractivity contribution in [3.8, 4) is 17.6 Å². The topological polar surface area (TPSA) is 71.3 Å². The van der Waals surface area contributed by atoms with Crippen LogP contribution < -0.4 is 14.8 Å². The van der Waals surface area contributed by atoms with Gasteiger partial charge in [-0.25, -0.2) is 0 Å². The third-order valence-corrected chi connectivity index (χ3v) is 5.78. The van der Waals surface area contributed by atoms with E-state index in [4.69, 9.17) is 9.47 Å². The number of benzene rings is 4. The van der Waals surface area contributed by atoms with Crippen LogP contribution in [0.3, 0.4) is 0 Å². The average molecular weight is 527 g/mol. The molecular weight excluding hydrogens is 504 g/mol. The van der Waals surface area contributed by atoms with Gasteiger partial charge in [-0.05, 0) is 65.2 Å². The van der Waals surface area contributed by atoms with Crippen LogP contribution >= 0.6 is 15.9 Å². The van der Waals surface area contributed by atoms with Crippen LogP contribution in [0.15, 0.2) is 95.0 Å². The molecule has 6 heteroatoms. The minimum Gasteiger partial charge on any atom is -0.490 e. The van der Waals surface area contributed by atoms with E-state index in [9.17, 15) is 10.1 Å². The van der Waals surface area contributed by atoms with Gasteiger partial charge in [0, 0.05) is 10.2 Å². The van der Waals surface area contributed by atoms with Crippen LogP contribution in [0.5, 0.6) is 11.5 Å². The molecule has 1 N–H and O–H groups in total. The molecular formula is C29H23BrN2O3. The molecule has 0 atom stereocenters. The summed E-state index contributed by atoms with van der Waals surface area (Å²) in [5.74, 6) is 0.653. The SMILES string of the molecule is CCOc1cc(/C=C(/C#N)C(=O)Nc2cccc(Br)c2)ccc1OCc1cccc2ccccc12. The van der Waals surface area contributed by atoms with Gasteiger partial charge in [-0.1, -0.05) is 70.5 Å². The predicted molar refractivity (Wildman–Crippen MR) is 142 cm³/mol. The third-order valence-electron chi connectivity index (χ3n) is 5.29. The lowest BCUT2D eigenvalue weighted by Crippen LogP contribution is -2.13. The van der Waals surface area contributed by atoms with Crippen molar-refractivity contribution in [2.24, 2.45) is 0 Å². The molecule has 0 unspecified atom stereocenters. The number of nitrogens with zero attached hydrogens (tertiary/aromatic N) is 1. The van der Waals surface area contributed by atoms with E-state index in [1.807, 2.05) is 43.3 Å². The molecule has 0 spiro atoms. The quantitative estimate of drug-likeness (QED) is 0.196. The van der Waals surface area contributed by atoms with Crippen LogP contribution in [0.2, 0.25) is 0 Å². The third kappa shape index (κ3) is 6.08. The normalized spacial score (nSPS) is 11.1. The molecule has 35 heavy (non-hydrogen) atoms. The van der Waals surface area contributed by atoms with Crippen molar-refractivity contribution in [2.75, 3.05) is 11.9 Å². The molecule has 0 bridgehead atoms. The summed E-state index contributed by atoms with van der Waals surface area (Å²) in [4.78, 5) is 12.6. The number of amides is 1. The van der Waals surface area contributed by atoms with E-state index in [-0.39, 0.29) is 5.57 Å². The molecule has 0 aliphatic heterocycles. The smallest absolute Gasteiger partial charge is 0.266 e. The highest BCUT2D eigenvalue weighted by Crippen LogP contribution is 2.31. The molecule has 0 radical (unpaired) electrons.